The van der Waals surface area contributed by atoms with Crippen LogP contribution in [0.3, 0.4) is 0 Å². The Balaban J connectivity index is 1.78. The monoisotopic (exact) mass is 293 g/mol. The summed E-state index contributed by atoms with van der Waals surface area (Å²) >= 11 is 0. The average molecular weight is 293 g/mol. The zero-order valence-electron chi connectivity index (χ0n) is 13.3. The number of aromatic nitrogens is 2. The summed E-state index contributed by atoms with van der Waals surface area (Å²) in [5.74, 6) is 0.830. The lowest BCUT2D eigenvalue weighted by molar-refractivity contribution is 0.0165. The van der Waals surface area contributed by atoms with E-state index < -0.39 is 5.60 Å². The second-order valence-corrected chi connectivity index (χ2v) is 6.29. The predicted octanol–water partition coefficient (Wildman–Crippen LogP) is 0.797. The molecule has 0 unspecified atom stereocenters. The van der Waals surface area contributed by atoms with Crippen LogP contribution in [0.5, 0.6) is 0 Å². The summed E-state index contributed by atoms with van der Waals surface area (Å²) in [5.41, 5.74) is 0.392. The van der Waals surface area contributed by atoms with Crippen molar-refractivity contribution in [1.29, 1.82) is 0 Å². The van der Waals surface area contributed by atoms with E-state index in [1.165, 1.54) is 0 Å². The molecule has 2 N–H and O–H groups in total. The van der Waals surface area contributed by atoms with Gasteiger partial charge in [-0.05, 0) is 20.8 Å². The molecule has 0 bridgehead atoms. The number of anilines is 1. The Morgan fingerprint density at radius 3 is 2.33 bits per heavy atom. The summed E-state index contributed by atoms with van der Waals surface area (Å²) in [4.78, 5) is 13.5. The molecule has 6 nitrogen and oxygen atoms in total. The molecule has 1 aromatic heterocycles. The molecule has 118 valence electrons. The highest BCUT2D eigenvalue weighted by atomic mass is 16.3. The third kappa shape index (κ3) is 5.57. The molecular weight excluding hydrogens is 266 g/mol. The van der Waals surface area contributed by atoms with Gasteiger partial charge >= 0.3 is 0 Å². The molecule has 2 heterocycles. The van der Waals surface area contributed by atoms with Gasteiger partial charge < -0.3 is 10.4 Å². The van der Waals surface area contributed by atoms with E-state index in [9.17, 15) is 5.11 Å². The van der Waals surface area contributed by atoms with Crippen LogP contribution in [0.15, 0.2) is 12.4 Å². The van der Waals surface area contributed by atoms with Crippen molar-refractivity contribution in [2.45, 2.75) is 32.9 Å². The van der Waals surface area contributed by atoms with E-state index in [4.69, 9.17) is 0 Å². The normalized spacial score (nSPS) is 17.9. The molecule has 2 rings (SSSR count). The first-order valence-electron chi connectivity index (χ1n) is 7.68. The molecule has 1 saturated heterocycles. The van der Waals surface area contributed by atoms with Crippen molar-refractivity contribution in [2.75, 3.05) is 44.6 Å². The number of β-amino-alcohol motifs (C(OH)–C–C–N with tert-alkyl or cyclic N) is 1. The quantitative estimate of drug-likeness (QED) is 0.809. The van der Waals surface area contributed by atoms with Crippen LogP contribution in [0, 0.1) is 0 Å². The number of nitrogens with zero attached hydrogens (tertiary/aromatic N) is 4. The maximum atomic E-state index is 9.86. The van der Waals surface area contributed by atoms with Crippen molar-refractivity contribution >= 4 is 5.82 Å². The second-order valence-electron chi connectivity index (χ2n) is 6.29. The fourth-order valence-electron chi connectivity index (χ4n) is 2.59. The Labute approximate surface area is 127 Å². The Bertz CT molecular complexity index is 421. The highest BCUT2D eigenvalue weighted by Gasteiger charge is 2.22. The van der Waals surface area contributed by atoms with Crippen LogP contribution >= 0.6 is 0 Å². The molecule has 0 amide bonds. The number of hydrogen-bond acceptors (Lipinski definition) is 6. The largest absolute Gasteiger partial charge is 0.389 e. The minimum absolute atomic E-state index is 0.615. The van der Waals surface area contributed by atoms with Gasteiger partial charge in [0.15, 0.2) is 0 Å². The van der Waals surface area contributed by atoms with E-state index in [-0.39, 0.29) is 0 Å². The van der Waals surface area contributed by atoms with Gasteiger partial charge in [-0.2, -0.15) is 0 Å². The van der Waals surface area contributed by atoms with Crippen molar-refractivity contribution < 1.29 is 5.11 Å². The highest BCUT2D eigenvalue weighted by Crippen LogP contribution is 2.11. The van der Waals surface area contributed by atoms with Crippen molar-refractivity contribution in [3.8, 4) is 0 Å². The van der Waals surface area contributed by atoms with Crippen LogP contribution in [0.4, 0.5) is 5.82 Å². The van der Waals surface area contributed by atoms with E-state index in [2.05, 4.69) is 25.1 Å². The molecule has 0 saturated carbocycles. The van der Waals surface area contributed by atoms with Gasteiger partial charge in [-0.15, -0.1) is 0 Å². The summed E-state index contributed by atoms with van der Waals surface area (Å²) in [6.07, 6.45) is 3.64. The molecule has 1 fully saturated rings. The van der Waals surface area contributed by atoms with E-state index >= 15 is 0 Å². The summed E-state index contributed by atoms with van der Waals surface area (Å²) < 4.78 is 0. The molecule has 6 heteroatoms. The lowest BCUT2D eigenvalue weighted by atomic mass is 10.1. The second kappa shape index (κ2) is 7.15. The number of hydrogen-bond donors (Lipinski definition) is 2. The van der Waals surface area contributed by atoms with Crippen LogP contribution in [-0.2, 0) is 6.54 Å². The van der Waals surface area contributed by atoms with Crippen LogP contribution in [-0.4, -0.2) is 69.7 Å². The van der Waals surface area contributed by atoms with Crippen LogP contribution in [0.2, 0.25) is 0 Å². The molecule has 0 aliphatic carbocycles. The van der Waals surface area contributed by atoms with Crippen LogP contribution in [0.25, 0.3) is 0 Å². The van der Waals surface area contributed by atoms with E-state index in [1.54, 1.807) is 6.20 Å². The fraction of sp³-hybridized carbons (Fsp3) is 0.733. The number of nitrogens with one attached hydrogen (secondary N) is 1. The standard InChI is InChI=1S/C15H27N5O/c1-4-16-14-10-17-13(9-18-14)11-19-5-7-20(8-6-19)12-15(2,3)21/h9-10,21H,4-8,11-12H2,1-3H3,(H,16,18). The van der Waals surface area contributed by atoms with Gasteiger partial charge in [0.2, 0.25) is 0 Å². The highest BCUT2D eigenvalue weighted by molar-refractivity contribution is 5.30. The van der Waals surface area contributed by atoms with Gasteiger partial charge in [0.25, 0.3) is 0 Å². The third-order valence-corrected chi connectivity index (χ3v) is 3.52. The summed E-state index contributed by atoms with van der Waals surface area (Å²) in [5, 5.41) is 13.0. The molecule has 1 aliphatic rings. The molecule has 0 radical (unpaired) electrons. The van der Waals surface area contributed by atoms with E-state index in [0.29, 0.717) is 0 Å². The predicted molar refractivity (Wildman–Crippen MR) is 84.2 cm³/mol. The van der Waals surface area contributed by atoms with Gasteiger partial charge in [0.05, 0.1) is 23.7 Å². The smallest absolute Gasteiger partial charge is 0.144 e. The maximum Gasteiger partial charge on any atom is 0.144 e. The zero-order valence-corrected chi connectivity index (χ0v) is 13.3. The summed E-state index contributed by atoms with van der Waals surface area (Å²) in [6, 6.07) is 0. The first-order valence-corrected chi connectivity index (χ1v) is 7.68. The molecular formula is C15H27N5O. The van der Waals surface area contributed by atoms with Crippen molar-refractivity contribution in [1.82, 2.24) is 19.8 Å². The molecule has 21 heavy (non-hydrogen) atoms. The van der Waals surface area contributed by atoms with Crippen LogP contribution < -0.4 is 5.32 Å². The number of aliphatic hydroxyl groups is 1. The molecule has 1 aliphatic heterocycles. The van der Waals surface area contributed by atoms with Gasteiger partial charge in [0.1, 0.15) is 5.82 Å². The van der Waals surface area contributed by atoms with Gasteiger partial charge in [-0.3, -0.25) is 14.8 Å². The SMILES string of the molecule is CCNc1cnc(CN2CCN(CC(C)(C)O)CC2)cn1. The van der Waals surface area contributed by atoms with Gasteiger partial charge in [0, 0.05) is 45.8 Å². The van der Waals surface area contributed by atoms with Crippen molar-refractivity contribution in [3.05, 3.63) is 18.1 Å². The number of piperazine rings is 1. The molecule has 1 aromatic rings. The fourth-order valence-corrected chi connectivity index (χ4v) is 2.59. The topological polar surface area (TPSA) is 64.5 Å². The molecule has 0 spiro atoms. The Kier molecular flexibility index (Phi) is 5.50. The van der Waals surface area contributed by atoms with Crippen molar-refractivity contribution in [2.24, 2.45) is 0 Å². The van der Waals surface area contributed by atoms with Crippen LogP contribution in [0.1, 0.15) is 26.5 Å². The molecule has 0 aromatic carbocycles. The van der Waals surface area contributed by atoms with Crippen molar-refractivity contribution in [3.63, 3.8) is 0 Å². The third-order valence-electron chi connectivity index (χ3n) is 3.52. The molecule has 0 atom stereocenters. The van der Waals surface area contributed by atoms with E-state index in [0.717, 1.165) is 57.3 Å². The Morgan fingerprint density at radius 2 is 1.81 bits per heavy atom. The van der Waals surface area contributed by atoms with E-state index in [1.807, 2.05) is 27.0 Å². The summed E-state index contributed by atoms with van der Waals surface area (Å²) in [6.45, 7) is 12.2. The number of rotatable bonds is 6. The van der Waals surface area contributed by atoms with Gasteiger partial charge in [-0.1, -0.05) is 0 Å². The van der Waals surface area contributed by atoms with Gasteiger partial charge in [-0.25, -0.2) is 4.98 Å². The zero-order chi connectivity index (χ0) is 15.3. The minimum atomic E-state index is -0.615. The first-order chi connectivity index (χ1) is 9.96. The lowest BCUT2D eigenvalue weighted by Gasteiger charge is -2.37. The maximum absolute atomic E-state index is 9.86. The lowest BCUT2D eigenvalue weighted by Crippen LogP contribution is -2.50. The Hall–Kier alpha value is -1.24. The minimum Gasteiger partial charge on any atom is -0.389 e. The summed E-state index contributed by atoms with van der Waals surface area (Å²) in [7, 11) is 0. The average Bonchev–Trinajstić information content (AvgIpc) is 2.42. The Morgan fingerprint density at radius 1 is 1.14 bits per heavy atom. The first kappa shape index (κ1) is 16.1.